The molecule has 0 saturated carbocycles. The van der Waals surface area contributed by atoms with E-state index in [9.17, 15) is 5.11 Å². The van der Waals surface area contributed by atoms with E-state index in [0.29, 0.717) is 5.75 Å². The first-order valence-corrected chi connectivity index (χ1v) is 6.42. The van der Waals surface area contributed by atoms with Gasteiger partial charge in [-0.3, -0.25) is 0 Å². The highest BCUT2D eigenvalue weighted by molar-refractivity contribution is 6.30. The fourth-order valence-corrected chi connectivity index (χ4v) is 2.73. The number of phenolic OH excluding ortho intramolecular Hbond substituents is 1. The molecule has 0 aliphatic carbocycles. The number of phenols is 1. The third kappa shape index (κ3) is 2.09. The lowest BCUT2D eigenvalue weighted by Crippen LogP contribution is -2.30. The van der Waals surface area contributed by atoms with E-state index in [0.717, 1.165) is 23.6 Å². The van der Waals surface area contributed by atoms with Crippen molar-refractivity contribution in [1.29, 1.82) is 0 Å². The van der Waals surface area contributed by atoms with Crippen LogP contribution in [-0.4, -0.2) is 11.7 Å². The molecule has 2 aromatic rings. The number of hydrogen-bond donors (Lipinski definition) is 2. The Morgan fingerprint density at radius 3 is 2.89 bits per heavy atom. The third-order valence-corrected chi connectivity index (χ3v) is 3.60. The summed E-state index contributed by atoms with van der Waals surface area (Å²) in [7, 11) is 0. The van der Waals surface area contributed by atoms with E-state index in [4.69, 9.17) is 11.6 Å². The van der Waals surface area contributed by atoms with Crippen molar-refractivity contribution in [3.8, 4) is 5.75 Å². The number of hydrogen-bond acceptors (Lipinski definition) is 2. The summed E-state index contributed by atoms with van der Waals surface area (Å²) < 4.78 is 0. The molecule has 92 valence electrons. The molecule has 1 atom stereocenters. The topological polar surface area (TPSA) is 32.3 Å². The van der Waals surface area contributed by atoms with Crippen LogP contribution in [0.15, 0.2) is 42.5 Å². The Balaban J connectivity index is 2.06. The molecule has 0 amide bonds. The van der Waals surface area contributed by atoms with Gasteiger partial charge in [0.15, 0.2) is 0 Å². The predicted molar refractivity (Wildman–Crippen MR) is 73.1 cm³/mol. The van der Waals surface area contributed by atoms with Crippen LogP contribution in [0.3, 0.4) is 0 Å². The van der Waals surface area contributed by atoms with Gasteiger partial charge in [-0.05, 0) is 47.4 Å². The van der Waals surface area contributed by atoms with Crippen LogP contribution in [0.4, 0.5) is 0 Å². The van der Waals surface area contributed by atoms with E-state index in [1.165, 1.54) is 11.1 Å². The van der Waals surface area contributed by atoms with Crippen LogP contribution < -0.4 is 5.32 Å². The van der Waals surface area contributed by atoms with E-state index in [-0.39, 0.29) is 6.04 Å². The molecule has 1 aliphatic heterocycles. The molecule has 1 aliphatic rings. The molecule has 2 aromatic carbocycles. The monoisotopic (exact) mass is 259 g/mol. The number of rotatable bonds is 1. The van der Waals surface area contributed by atoms with Gasteiger partial charge in [0.2, 0.25) is 0 Å². The molecule has 0 bridgehead atoms. The lowest BCUT2D eigenvalue weighted by atomic mass is 9.90. The minimum Gasteiger partial charge on any atom is -0.508 e. The summed E-state index contributed by atoms with van der Waals surface area (Å²) in [4.78, 5) is 0. The first-order chi connectivity index (χ1) is 8.74. The number of benzene rings is 2. The number of nitrogens with one attached hydrogen (secondary N) is 1. The smallest absolute Gasteiger partial charge is 0.115 e. The van der Waals surface area contributed by atoms with Crippen molar-refractivity contribution in [2.75, 3.05) is 6.54 Å². The molecular formula is C15H14ClNO. The fraction of sp³-hybridized carbons (Fsp3) is 0.200. The summed E-state index contributed by atoms with van der Waals surface area (Å²) >= 11 is 6.05. The van der Waals surface area contributed by atoms with E-state index >= 15 is 0 Å². The zero-order chi connectivity index (χ0) is 12.5. The average molecular weight is 260 g/mol. The summed E-state index contributed by atoms with van der Waals surface area (Å²) in [6.07, 6.45) is 0.945. The minimum absolute atomic E-state index is 0.160. The molecule has 0 radical (unpaired) electrons. The van der Waals surface area contributed by atoms with Crippen molar-refractivity contribution in [2.45, 2.75) is 12.5 Å². The van der Waals surface area contributed by atoms with Gasteiger partial charge in [-0.2, -0.15) is 0 Å². The van der Waals surface area contributed by atoms with E-state index in [1.54, 1.807) is 6.07 Å². The van der Waals surface area contributed by atoms with Crippen molar-refractivity contribution < 1.29 is 5.11 Å². The van der Waals surface area contributed by atoms with E-state index in [1.807, 2.05) is 30.3 Å². The normalized spacial score (nSPS) is 18.4. The van der Waals surface area contributed by atoms with Crippen molar-refractivity contribution in [1.82, 2.24) is 5.32 Å². The first-order valence-electron chi connectivity index (χ1n) is 6.05. The molecule has 2 N–H and O–H groups in total. The Labute approximate surface area is 111 Å². The highest BCUT2D eigenvalue weighted by atomic mass is 35.5. The molecule has 0 saturated heterocycles. The van der Waals surface area contributed by atoms with Gasteiger partial charge in [0.05, 0.1) is 6.04 Å². The Hall–Kier alpha value is -1.51. The number of aromatic hydroxyl groups is 1. The van der Waals surface area contributed by atoms with Gasteiger partial charge >= 0.3 is 0 Å². The van der Waals surface area contributed by atoms with Crippen LogP contribution in [-0.2, 0) is 6.42 Å². The van der Waals surface area contributed by atoms with Crippen molar-refractivity contribution in [3.63, 3.8) is 0 Å². The van der Waals surface area contributed by atoms with Crippen LogP contribution in [0, 0.1) is 0 Å². The van der Waals surface area contributed by atoms with Crippen LogP contribution >= 0.6 is 11.6 Å². The Morgan fingerprint density at radius 1 is 1.17 bits per heavy atom. The molecule has 18 heavy (non-hydrogen) atoms. The van der Waals surface area contributed by atoms with Crippen LogP contribution in [0.1, 0.15) is 22.7 Å². The molecule has 2 nitrogen and oxygen atoms in total. The molecule has 3 rings (SSSR count). The quantitative estimate of drug-likeness (QED) is 0.824. The highest BCUT2D eigenvalue weighted by Crippen LogP contribution is 2.31. The second kappa shape index (κ2) is 4.63. The summed E-state index contributed by atoms with van der Waals surface area (Å²) in [6, 6.07) is 13.7. The van der Waals surface area contributed by atoms with Gasteiger partial charge in [0.25, 0.3) is 0 Å². The van der Waals surface area contributed by atoms with Gasteiger partial charge in [0, 0.05) is 11.6 Å². The first kappa shape index (κ1) is 11.6. The highest BCUT2D eigenvalue weighted by Gasteiger charge is 2.21. The van der Waals surface area contributed by atoms with Gasteiger partial charge in [-0.25, -0.2) is 0 Å². The SMILES string of the molecule is Oc1ccc2c(c1)CCN[C@@H]2c1cccc(Cl)c1. The minimum atomic E-state index is 0.160. The zero-order valence-electron chi connectivity index (χ0n) is 9.86. The molecule has 0 unspecified atom stereocenters. The maximum absolute atomic E-state index is 9.55. The third-order valence-electron chi connectivity index (χ3n) is 3.36. The van der Waals surface area contributed by atoms with E-state index < -0.39 is 0 Å². The van der Waals surface area contributed by atoms with Gasteiger partial charge in [0.1, 0.15) is 5.75 Å². The molecule has 0 fully saturated rings. The number of halogens is 1. The van der Waals surface area contributed by atoms with Crippen molar-refractivity contribution in [2.24, 2.45) is 0 Å². The van der Waals surface area contributed by atoms with Crippen molar-refractivity contribution >= 4 is 11.6 Å². The van der Waals surface area contributed by atoms with Crippen LogP contribution in [0.5, 0.6) is 5.75 Å². The second-order valence-corrected chi connectivity index (χ2v) is 5.01. The fourth-order valence-electron chi connectivity index (χ4n) is 2.53. The molecule has 0 aromatic heterocycles. The molecule has 0 spiro atoms. The summed E-state index contributed by atoms with van der Waals surface area (Å²) in [5, 5.41) is 13.8. The lowest BCUT2D eigenvalue weighted by molar-refractivity contribution is 0.471. The number of fused-ring (bicyclic) bond motifs is 1. The average Bonchev–Trinajstić information content (AvgIpc) is 2.37. The van der Waals surface area contributed by atoms with Crippen LogP contribution in [0.25, 0.3) is 0 Å². The van der Waals surface area contributed by atoms with Crippen molar-refractivity contribution in [3.05, 3.63) is 64.2 Å². The molecule has 3 heteroatoms. The zero-order valence-corrected chi connectivity index (χ0v) is 10.6. The maximum Gasteiger partial charge on any atom is 0.115 e. The Bertz CT molecular complexity index is 582. The Kier molecular flexibility index (Phi) is 2.98. The predicted octanol–water partition coefficient (Wildman–Crippen LogP) is 3.28. The Morgan fingerprint density at radius 2 is 2.06 bits per heavy atom. The van der Waals surface area contributed by atoms with Gasteiger partial charge in [-0.15, -0.1) is 0 Å². The van der Waals surface area contributed by atoms with E-state index in [2.05, 4.69) is 11.4 Å². The second-order valence-electron chi connectivity index (χ2n) is 4.58. The lowest BCUT2D eigenvalue weighted by Gasteiger charge is -2.27. The van der Waals surface area contributed by atoms with Gasteiger partial charge in [-0.1, -0.05) is 29.8 Å². The summed E-state index contributed by atoms with van der Waals surface area (Å²) in [5.74, 6) is 0.334. The largest absolute Gasteiger partial charge is 0.508 e. The van der Waals surface area contributed by atoms with Crippen LogP contribution in [0.2, 0.25) is 5.02 Å². The summed E-state index contributed by atoms with van der Waals surface area (Å²) in [5.41, 5.74) is 3.59. The van der Waals surface area contributed by atoms with Gasteiger partial charge < -0.3 is 10.4 Å². The standard InChI is InChI=1S/C15H14ClNO/c16-12-3-1-2-11(8-12)15-14-5-4-13(18)9-10(14)6-7-17-15/h1-5,8-9,15,17-18H,6-7H2/t15-/m1/s1. The summed E-state index contributed by atoms with van der Waals surface area (Å²) in [6.45, 7) is 0.910. The maximum atomic E-state index is 9.55. The molecular weight excluding hydrogens is 246 g/mol. The molecule has 1 heterocycles.